The topological polar surface area (TPSA) is 40.7 Å². The molecule has 2 aromatic rings. The highest BCUT2D eigenvalue weighted by molar-refractivity contribution is 5.64. The van der Waals surface area contributed by atoms with Gasteiger partial charge in [0.2, 0.25) is 0 Å². The first-order chi connectivity index (χ1) is 8.58. The summed E-state index contributed by atoms with van der Waals surface area (Å²) in [6, 6.07) is 5.38. The fourth-order valence-corrected chi connectivity index (χ4v) is 1.60. The monoisotopic (exact) mass is 251 g/mol. The molecule has 0 saturated heterocycles. The van der Waals surface area contributed by atoms with Crippen LogP contribution in [0.25, 0.3) is 11.3 Å². The second kappa shape index (κ2) is 5.16. The predicted octanol–water partition coefficient (Wildman–Crippen LogP) is 3.42. The minimum atomic E-state index is -0.603. The Morgan fingerprint density at radius 2 is 1.94 bits per heavy atom. The fourth-order valence-electron chi connectivity index (χ4n) is 1.60. The van der Waals surface area contributed by atoms with Gasteiger partial charge in [-0.25, -0.2) is 8.78 Å². The molecule has 0 spiro atoms. The average Bonchev–Trinajstić information content (AvgIpc) is 2.75. The molecule has 0 fully saturated rings. The largest absolute Gasteiger partial charge is 0.368 e. The average molecular weight is 251 g/mol. The molecule has 0 amide bonds. The molecule has 18 heavy (non-hydrogen) atoms. The molecule has 2 rings (SSSR count). The Morgan fingerprint density at radius 3 is 2.56 bits per heavy atom. The summed E-state index contributed by atoms with van der Waals surface area (Å²) in [7, 11) is 0. The van der Waals surface area contributed by atoms with Crippen LogP contribution in [0, 0.1) is 17.6 Å². The Balaban J connectivity index is 2.24. The van der Waals surface area contributed by atoms with Gasteiger partial charge in [0.05, 0.1) is 11.3 Å². The number of hydrogen-bond donors (Lipinski definition) is 2. The lowest BCUT2D eigenvalue weighted by Gasteiger charge is -2.04. The number of anilines is 1. The van der Waals surface area contributed by atoms with Crippen LogP contribution in [0.1, 0.15) is 13.8 Å². The molecule has 3 nitrogen and oxygen atoms in total. The van der Waals surface area contributed by atoms with E-state index in [2.05, 4.69) is 29.4 Å². The van der Waals surface area contributed by atoms with Crippen molar-refractivity contribution >= 4 is 5.82 Å². The second-order valence-electron chi connectivity index (χ2n) is 4.54. The lowest BCUT2D eigenvalue weighted by Crippen LogP contribution is -2.07. The van der Waals surface area contributed by atoms with Crippen LogP contribution in [0.15, 0.2) is 24.3 Å². The zero-order valence-corrected chi connectivity index (χ0v) is 10.3. The first-order valence-electron chi connectivity index (χ1n) is 5.81. The van der Waals surface area contributed by atoms with Gasteiger partial charge in [-0.05, 0) is 18.1 Å². The number of nitrogens with one attached hydrogen (secondary N) is 2. The molecule has 0 aliphatic rings. The van der Waals surface area contributed by atoms with Gasteiger partial charge < -0.3 is 5.32 Å². The number of aromatic amines is 1. The van der Waals surface area contributed by atoms with E-state index < -0.39 is 11.6 Å². The van der Waals surface area contributed by atoms with Crippen molar-refractivity contribution in [2.75, 3.05) is 11.9 Å². The van der Waals surface area contributed by atoms with Gasteiger partial charge in [0.15, 0.2) is 0 Å². The molecule has 0 saturated carbocycles. The van der Waals surface area contributed by atoms with Gasteiger partial charge in [0, 0.05) is 12.6 Å². The van der Waals surface area contributed by atoms with Crippen LogP contribution >= 0.6 is 0 Å². The maximum Gasteiger partial charge on any atom is 0.148 e. The van der Waals surface area contributed by atoms with Crippen molar-refractivity contribution in [2.24, 2.45) is 5.92 Å². The van der Waals surface area contributed by atoms with E-state index in [0.29, 0.717) is 17.4 Å². The Morgan fingerprint density at radius 1 is 1.28 bits per heavy atom. The van der Waals surface area contributed by atoms with Crippen molar-refractivity contribution < 1.29 is 8.78 Å². The van der Waals surface area contributed by atoms with E-state index in [9.17, 15) is 8.78 Å². The molecule has 2 N–H and O–H groups in total. The predicted molar refractivity (Wildman–Crippen MR) is 67.3 cm³/mol. The second-order valence-corrected chi connectivity index (χ2v) is 4.54. The van der Waals surface area contributed by atoms with Crippen molar-refractivity contribution in [1.29, 1.82) is 0 Å². The molecule has 96 valence electrons. The summed E-state index contributed by atoms with van der Waals surface area (Å²) in [5, 5.41) is 9.70. The van der Waals surface area contributed by atoms with Crippen molar-refractivity contribution in [3.05, 3.63) is 35.9 Å². The maximum absolute atomic E-state index is 13.6. The van der Waals surface area contributed by atoms with E-state index in [4.69, 9.17) is 0 Å². The summed E-state index contributed by atoms with van der Waals surface area (Å²) in [5.41, 5.74) is 0.249. The molecule has 0 atom stereocenters. The molecular weight excluding hydrogens is 236 g/mol. The molecule has 0 unspecified atom stereocenters. The molecule has 1 heterocycles. The summed E-state index contributed by atoms with van der Waals surface area (Å²) in [6.45, 7) is 4.89. The summed E-state index contributed by atoms with van der Waals surface area (Å²) in [5.74, 6) is -0.153. The highest BCUT2D eigenvalue weighted by Gasteiger charge is 2.13. The third kappa shape index (κ3) is 2.67. The smallest absolute Gasteiger partial charge is 0.148 e. The van der Waals surface area contributed by atoms with Gasteiger partial charge in [-0.2, -0.15) is 5.10 Å². The molecular formula is C13H15F2N3. The van der Waals surface area contributed by atoms with Crippen molar-refractivity contribution in [1.82, 2.24) is 10.2 Å². The SMILES string of the molecule is CC(C)CNc1cc(-c2c(F)cccc2F)[nH]n1. The number of hydrogen-bond acceptors (Lipinski definition) is 2. The molecule has 0 bridgehead atoms. The Labute approximate surface area is 104 Å². The quantitative estimate of drug-likeness (QED) is 0.874. The zero-order chi connectivity index (χ0) is 13.1. The van der Waals surface area contributed by atoms with E-state index in [-0.39, 0.29) is 5.56 Å². The summed E-state index contributed by atoms with van der Waals surface area (Å²) >= 11 is 0. The molecule has 5 heteroatoms. The number of rotatable bonds is 4. The van der Waals surface area contributed by atoms with E-state index in [1.54, 1.807) is 6.07 Å². The van der Waals surface area contributed by atoms with E-state index in [1.165, 1.54) is 18.2 Å². The number of benzene rings is 1. The first-order valence-corrected chi connectivity index (χ1v) is 5.81. The molecule has 0 radical (unpaired) electrons. The zero-order valence-electron chi connectivity index (χ0n) is 10.3. The summed E-state index contributed by atoms with van der Waals surface area (Å²) in [6.07, 6.45) is 0. The summed E-state index contributed by atoms with van der Waals surface area (Å²) in [4.78, 5) is 0. The van der Waals surface area contributed by atoms with Crippen LogP contribution in [0.4, 0.5) is 14.6 Å². The standard InChI is InChI=1S/C13H15F2N3/c1-8(2)7-16-12-6-11(17-18-12)13-9(14)4-3-5-10(13)15/h3-6,8H,7H2,1-2H3,(H2,16,17,18). The molecule has 0 aliphatic carbocycles. The normalized spacial score (nSPS) is 10.9. The van der Waals surface area contributed by atoms with Gasteiger partial charge >= 0.3 is 0 Å². The van der Waals surface area contributed by atoms with Gasteiger partial charge in [-0.3, -0.25) is 5.10 Å². The molecule has 0 aliphatic heterocycles. The first kappa shape index (κ1) is 12.5. The third-order valence-corrected chi connectivity index (χ3v) is 2.50. The number of H-pyrrole nitrogens is 1. The molecule has 1 aromatic heterocycles. The van der Waals surface area contributed by atoms with Crippen LogP contribution in [0.2, 0.25) is 0 Å². The number of nitrogens with zero attached hydrogens (tertiary/aromatic N) is 1. The Kier molecular flexibility index (Phi) is 3.60. The van der Waals surface area contributed by atoms with E-state index in [0.717, 1.165) is 6.54 Å². The van der Waals surface area contributed by atoms with E-state index in [1.807, 2.05) is 0 Å². The number of aromatic nitrogens is 2. The van der Waals surface area contributed by atoms with Gasteiger partial charge in [-0.15, -0.1) is 0 Å². The van der Waals surface area contributed by atoms with Crippen molar-refractivity contribution in [3.63, 3.8) is 0 Å². The van der Waals surface area contributed by atoms with Crippen molar-refractivity contribution in [2.45, 2.75) is 13.8 Å². The third-order valence-electron chi connectivity index (χ3n) is 2.50. The molecule has 1 aromatic carbocycles. The number of halogens is 2. The highest BCUT2D eigenvalue weighted by atomic mass is 19.1. The summed E-state index contributed by atoms with van der Waals surface area (Å²) < 4.78 is 27.1. The van der Waals surface area contributed by atoms with Gasteiger partial charge in [0.25, 0.3) is 0 Å². The Hall–Kier alpha value is -1.91. The van der Waals surface area contributed by atoms with Gasteiger partial charge in [0.1, 0.15) is 17.5 Å². The van der Waals surface area contributed by atoms with Gasteiger partial charge in [-0.1, -0.05) is 19.9 Å². The lowest BCUT2D eigenvalue weighted by molar-refractivity contribution is 0.588. The van der Waals surface area contributed by atoms with Crippen LogP contribution in [-0.4, -0.2) is 16.7 Å². The minimum Gasteiger partial charge on any atom is -0.368 e. The van der Waals surface area contributed by atoms with Crippen LogP contribution < -0.4 is 5.32 Å². The maximum atomic E-state index is 13.6. The van der Waals surface area contributed by atoms with Crippen LogP contribution in [0.5, 0.6) is 0 Å². The van der Waals surface area contributed by atoms with Crippen LogP contribution in [-0.2, 0) is 0 Å². The lowest BCUT2D eigenvalue weighted by atomic mass is 10.1. The van der Waals surface area contributed by atoms with Crippen molar-refractivity contribution in [3.8, 4) is 11.3 Å². The van der Waals surface area contributed by atoms with E-state index >= 15 is 0 Å². The van der Waals surface area contributed by atoms with Crippen LogP contribution in [0.3, 0.4) is 0 Å². The highest BCUT2D eigenvalue weighted by Crippen LogP contribution is 2.25. The Bertz CT molecular complexity index is 515. The fraction of sp³-hybridized carbons (Fsp3) is 0.308. The minimum absolute atomic E-state index is 0.0809.